The van der Waals surface area contributed by atoms with Crippen LogP contribution in [0.2, 0.25) is 0 Å². The fraction of sp³-hybridized carbons (Fsp3) is 0.308. The Morgan fingerprint density at radius 1 is 0.969 bits per heavy atom. The van der Waals surface area contributed by atoms with Crippen LogP contribution in [0.1, 0.15) is 42.2 Å². The van der Waals surface area contributed by atoms with Gasteiger partial charge in [-0.3, -0.25) is 0 Å². The first-order valence-electron chi connectivity index (χ1n) is 10.6. The van der Waals surface area contributed by atoms with E-state index >= 15 is 0 Å². The third-order valence-corrected chi connectivity index (χ3v) is 6.10. The van der Waals surface area contributed by atoms with Crippen molar-refractivity contribution in [2.24, 2.45) is 5.92 Å². The van der Waals surface area contributed by atoms with Crippen LogP contribution < -0.4 is 9.47 Å². The lowest BCUT2D eigenvalue weighted by Gasteiger charge is -2.22. The number of aryl methyl sites for hydroxylation is 1. The first kappa shape index (κ1) is 22.3. The number of hydrogen-bond donors (Lipinski definition) is 3. The van der Waals surface area contributed by atoms with Crippen molar-refractivity contribution in [3.8, 4) is 22.6 Å². The van der Waals surface area contributed by atoms with E-state index in [1.165, 1.54) is 6.07 Å². The van der Waals surface area contributed by atoms with E-state index in [0.29, 0.717) is 22.6 Å². The van der Waals surface area contributed by atoms with Gasteiger partial charge >= 0.3 is 0 Å². The van der Waals surface area contributed by atoms with Crippen molar-refractivity contribution in [3.63, 3.8) is 0 Å². The van der Waals surface area contributed by atoms with Crippen molar-refractivity contribution in [3.05, 3.63) is 83.2 Å². The lowest BCUT2D eigenvalue weighted by atomic mass is 9.97. The summed E-state index contributed by atoms with van der Waals surface area (Å²) in [6.07, 6.45) is -1.18. The van der Waals surface area contributed by atoms with Crippen LogP contribution >= 0.6 is 0 Å². The van der Waals surface area contributed by atoms with E-state index in [9.17, 15) is 19.7 Å². The van der Waals surface area contributed by atoms with Crippen molar-refractivity contribution < 1.29 is 29.2 Å². The van der Waals surface area contributed by atoms with E-state index in [-0.39, 0.29) is 11.9 Å². The second kappa shape index (κ2) is 9.28. The first-order valence-corrected chi connectivity index (χ1v) is 10.6. The van der Waals surface area contributed by atoms with Gasteiger partial charge in [0.05, 0.1) is 13.2 Å². The molecule has 0 unspecified atom stereocenters. The maximum atomic E-state index is 14.4. The van der Waals surface area contributed by atoms with E-state index in [4.69, 9.17) is 9.47 Å². The fourth-order valence-corrected chi connectivity index (χ4v) is 4.12. The maximum Gasteiger partial charge on any atom is 0.156 e. The van der Waals surface area contributed by atoms with Crippen LogP contribution in [0.25, 0.3) is 11.1 Å². The van der Waals surface area contributed by atoms with Gasteiger partial charge in [0.2, 0.25) is 0 Å². The Balaban J connectivity index is 1.55. The molecule has 4 rings (SSSR count). The molecule has 1 aliphatic carbocycles. The highest BCUT2D eigenvalue weighted by atomic mass is 19.1. The summed E-state index contributed by atoms with van der Waals surface area (Å²) in [4.78, 5) is 0. The zero-order valence-corrected chi connectivity index (χ0v) is 18.0. The molecule has 32 heavy (non-hydrogen) atoms. The van der Waals surface area contributed by atoms with Crippen LogP contribution in [0.3, 0.4) is 0 Å². The number of hydrogen-bond acceptors (Lipinski definition) is 5. The van der Waals surface area contributed by atoms with Gasteiger partial charge in [-0.2, -0.15) is 0 Å². The third-order valence-electron chi connectivity index (χ3n) is 6.10. The zero-order valence-electron chi connectivity index (χ0n) is 18.0. The molecule has 3 N–H and O–H groups in total. The first-order chi connectivity index (χ1) is 15.4. The predicted molar refractivity (Wildman–Crippen MR) is 119 cm³/mol. The fourth-order valence-electron chi connectivity index (χ4n) is 4.12. The molecule has 0 fully saturated rings. The number of aliphatic hydroxyl groups excluding tert-OH is 2. The summed E-state index contributed by atoms with van der Waals surface area (Å²) in [5, 5.41) is 29.1. The number of aliphatic hydroxyl groups is 3. The Morgan fingerprint density at radius 3 is 2.53 bits per heavy atom. The van der Waals surface area contributed by atoms with E-state index < -0.39 is 18.3 Å². The van der Waals surface area contributed by atoms with Gasteiger partial charge in [-0.1, -0.05) is 37.3 Å². The van der Waals surface area contributed by atoms with Crippen LogP contribution in [0.15, 0.2) is 60.7 Å². The van der Waals surface area contributed by atoms with Gasteiger partial charge in [0.25, 0.3) is 0 Å². The molecule has 0 aliphatic heterocycles. The molecule has 3 aromatic rings. The summed E-state index contributed by atoms with van der Waals surface area (Å²) in [6.45, 7) is 1.57. The number of halogens is 1. The normalized spacial score (nSPS) is 17.2. The SMILES string of the molecule is COc1ccc(F)c(-c2ccc3c(c2)CC[C@H]3Oc2cccc([C@H](O)[C@H](C)C(O)O)c2)c1. The van der Waals surface area contributed by atoms with Crippen LogP contribution in [0.4, 0.5) is 4.39 Å². The van der Waals surface area contributed by atoms with Crippen molar-refractivity contribution >= 4 is 0 Å². The monoisotopic (exact) mass is 438 g/mol. The van der Waals surface area contributed by atoms with E-state index in [1.54, 1.807) is 44.4 Å². The molecule has 5 nitrogen and oxygen atoms in total. The van der Waals surface area contributed by atoms with Crippen molar-refractivity contribution in [1.82, 2.24) is 0 Å². The molecule has 0 aromatic heterocycles. The lowest BCUT2D eigenvalue weighted by molar-refractivity contribution is -0.112. The molecule has 0 spiro atoms. The molecule has 1 aliphatic rings. The van der Waals surface area contributed by atoms with Crippen LogP contribution in [0.5, 0.6) is 11.5 Å². The van der Waals surface area contributed by atoms with E-state index in [0.717, 1.165) is 29.5 Å². The highest BCUT2D eigenvalue weighted by Gasteiger charge is 2.26. The number of ether oxygens (including phenoxy) is 2. The highest BCUT2D eigenvalue weighted by Crippen LogP contribution is 2.39. The summed E-state index contributed by atoms with van der Waals surface area (Å²) >= 11 is 0. The van der Waals surface area contributed by atoms with Crippen LogP contribution in [-0.2, 0) is 6.42 Å². The summed E-state index contributed by atoms with van der Waals surface area (Å²) in [6, 6.07) is 17.6. The molecule has 0 heterocycles. The van der Waals surface area contributed by atoms with Gasteiger partial charge in [-0.25, -0.2) is 4.39 Å². The Morgan fingerprint density at radius 2 is 1.78 bits per heavy atom. The van der Waals surface area contributed by atoms with Gasteiger partial charge in [0.1, 0.15) is 23.4 Å². The predicted octanol–water partition coefficient (Wildman–Crippen LogP) is 4.55. The summed E-state index contributed by atoms with van der Waals surface area (Å²) in [5.41, 5.74) is 4.02. The molecule has 0 radical (unpaired) electrons. The molecule has 3 aromatic carbocycles. The molecule has 0 bridgehead atoms. The quantitative estimate of drug-likeness (QED) is 0.472. The summed E-state index contributed by atoms with van der Waals surface area (Å²) < 4.78 is 25.8. The van der Waals surface area contributed by atoms with Gasteiger partial charge < -0.3 is 24.8 Å². The topological polar surface area (TPSA) is 79.2 Å². The standard InChI is InChI=1S/C26H27FO5/c1-15(26(29)30)25(28)18-4-3-5-20(13-18)32-24-11-7-16-12-17(6-9-21(16)24)22-14-19(31-2)8-10-23(22)27/h3-6,8-10,12-15,24-26,28-30H,7,11H2,1-2H3/t15-,24+,25+/m0/s1. The molecule has 0 saturated heterocycles. The van der Waals surface area contributed by atoms with Gasteiger partial charge in [-0.15, -0.1) is 0 Å². The minimum atomic E-state index is -1.61. The highest BCUT2D eigenvalue weighted by molar-refractivity contribution is 5.67. The van der Waals surface area contributed by atoms with Crippen LogP contribution in [-0.4, -0.2) is 28.7 Å². The smallest absolute Gasteiger partial charge is 0.156 e. The van der Waals surface area contributed by atoms with Crippen molar-refractivity contribution in [2.45, 2.75) is 38.3 Å². The largest absolute Gasteiger partial charge is 0.497 e. The number of benzene rings is 3. The zero-order chi connectivity index (χ0) is 22.8. The van der Waals surface area contributed by atoms with Crippen LogP contribution in [0, 0.1) is 11.7 Å². The Kier molecular flexibility index (Phi) is 6.46. The van der Waals surface area contributed by atoms with E-state index in [2.05, 4.69) is 0 Å². The second-order valence-electron chi connectivity index (χ2n) is 8.19. The molecule has 6 heteroatoms. The lowest BCUT2D eigenvalue weighted by Crippen LogP contribution is -2.23. The van der Waals surface area contributed by atoms with E-state index in [1.807, 2.05) is 24.3 Å². The van der Waals surface area contributed by atoms with Gasteiger partial charge in [-0.05, 0) is 65.4 Å². The Hall–Kier alpha value is -2.93. The number of rotatable bonds is 7. The Bertz CT molecular complexity index is 1100. The van der Waals surface area contributed by atoms with Crippen molar-refractivity contribution in [1.29, 1.82) is 0 Å². The average Bonchev–Trinajstić information content (AvgIpc) is 3.20. The summed E-state index contributed by atoms with van der Waals surface area (Å²) in [7, 11) is 1.56. The number of methoxy groups -OCH3 is 1. The van der Waals surface area contributed by atoms with Gasteiger partial charge in [0.15, 0.2) is 6.29 Å². The van der Waals surface area contributed by atoms with Gasteiger partial charge in [0, 0.05) is 11.5 Å². The Labute approximate surface area is 186 Å². The molecular formula is C26H27FO5. The minimum absolute atomic E-state index is 0.151. The minimum Gasteiger partial charge on any atom is -0.497 e. The summed E-state index contributed by atoms with van der Waals surface area (Å²) in [5.74, 6) is 0.178. The molecule has 0 amide bonds. The second-order valence-corrected chi connectivity index (χ2v) is 8.19. The van der Waals surface area contributed by atoms with Crippen molar-refractivity contribution in [2.75, 3.05) is 7.11 Å². The maximum absolute atomic E-state index is 14.4. The molecule has 168 valence electrons. The average molecular weight is 438 g/mol. The molecule has 0 saturated carbocycles. The molecular weight excluding hydrogens is 411 g/mol. The molecule has 3 atom stereocenters. The third kappa shape index (κ3) is 4.48. The number of fused-ring (bicyclic) bond motifs is 1.